The minimum atomic E-state index is 0.262. The molecule has 0 aliphatic heterocycles. The summed E-state index contributed by atoms with van der Waals surface area (Å²) < 4.78 is 5.25. The molecule has 90 valence electrons. The van der Waals surface area contributed by atoms with Crippen LogP contribution in [0.25, 0.3) is 10.8 Å². The van der Waals surface area contributed by atoms with Gasteiger partial charge in [-0.15, -0.1) is 0 Å². The minimum absolute atomic E-state index is 0.262. The molecule has 0 aromatic heterocycles. The van der Waals surface area contributed by atoms with Gasteiger partial charge in [0.2, 0.25) is 0 Å². The van der Waals surface area contributed by atoms with E-state index >= 15 is 0 Å². The zero-order chi connectivity index (χ0) is 12.3. The second kappa shape index (κ2) is 5.03. The Labute approximate surface area is 99.5 Å². The zero-order valence-electron chi connectivity index (χ0n) is 9.64. The molecule has 0 atom stereocenters. The molecule has 0 heterocycles. The highest BCUT2D eigenvalue weighted by Gasteiger charge is 2.09. The number of hydrogen-bond donors (Lipinski definition) is 2. The number of nitrogens with two attached hydrogens (primary N) is 1. The lowest BCUT2D eigenvalue weighted by Gasteiger charge is -2.10. The molecule has 17 heavy (non-hydrogen) atoms. The Kier molecular flexibility index (Phi) is 3.46. The highest BCUT2D eigenvalue weighted by Crippen LogP contribution is 2.34. The lowest BCUT2D eigenvalue weighted by Crippen LogP contribution is -2.03. The highest BCUT2D eigenvalue weighted by atomic mass is 16.6. The number of aromatic hydroxyl groups is 1. The number of hydrogen-bond acceptors (Lipinski definition) is 4. The van der Waals surface area contributed by atoms with Crippen LogP contribution in [0, 0.1) is 0 Å². The van der Waals surface area contributed by atoms with Crippen molar-refractivity contribution < 1.29 is 14.7 Å². The summed E-state index contributed by atoms with van der Waals surface area (Å²) >= 11 is 0. The number of fused-ring (bicyclic) bond motifs is 1. The van der Waals surface area contributed by atoms with E-state index in [2.05, 4.69) is 4.84 Å². The fourth-order valence-corrected chi connectivity index (χ4v) is 1.91. The molecule has 0 radical (unpaired) electrons. The molecule has 2 aromatic carbocycles. The first-order chi connectivity index (χ1) is 8.27. The average molecular weight is 233 g/mol. The fourth-order valence-electron chi connectivity index (χ4n) is 1.91. The number of methoxy groups -OCH3 is 1. The molecular formula is C13H15NO3. The Bertz CT molecular complexity index is 525. The van der Waals surface area contributed by atoms with Crippen LogP contribution >= 0.6 is 0 Å². The normalized spacial score (nSPS) is 10.7. The Hall–Kier alpha value is -1.78. The summed E-state index contributed by atoms with van der Waals surface area (Å²) in [5.41, 5.74) is 0.816. The van der Waals surface area contributed by atoms with Crippen molar-refractivity contribution >= 4 is 10.8 Å². The number of phenols is 1. The van der Waals surface area contributed by atoms with E-state index in [4.69, 9.17) is 10.6 Å². The quantitative estimate of drug-likeness (QED) is 0.792. The van der Waals surface area contributed by atoms with Crippen LogP contribution in [0.4, 0.5) is 0 Å². The molecule has 0 fully saturated rings. The monoisotopic (exact) mass is 233 g/mol. The molecule has 0 aliphatic carbocycles. The second-order valence-electron chi connectivity index (χ2n) is 3.75. The van der Waals surface area contributed by atoms with E-state index in [0.717, 1.165) is 22.1 Å². The van der Waals surface area contributed by atoms with Crippen LogP contribution in [0.5, 0.6) is 11.5 Å². The Morgan fingerprint density at radius 3 is 2.71 bits per heavy atom. The van der Waals surface area contributed by atoms with Crippen LogP contribution in [0.1, 0.15) is 5.56 Å². The van der Waals surface area contributed by atoms with Gasteiger partial charge >= 0.3 is 0 Å². The van der Waals surface area contributed by atoms with Gasteiger partial charge in [-0.05, 0) is 11.6 Å². The summed E-state index contributed by atoms with van der Waals surface area (Å²) in [4.78, 5) is 4.52. The van der Waals surface area contributed by atoms with Crippen LogP contribution in [-0.2, 0) is 11.3 Å². The largest absolute Gasteiger partial charge is 0.507 e. The molecule has 0 unspecified atom stereocenters. The summed E-state index contributed by atoms with van der Waals surface area (Å²) in [6.07, 6.45) is 0.579. The summed E-state index contributed by atoms with van der Waals surface area (Å²) in [5, 5.41) is 11.8. The number of ether oxygens (including phenoxy) is 1. The van der Waals surface area contributed by atoms with Gasteiger partial charge in [0.1, 0.15) is 11.5 Å². The van der Waals surface area contributed by atoms with E-state index < -0.39 is 0 Å². The first-order valence-electron chi connectivity index (χ1n) is 5.37. The van der Waals surface area contributed by atoms with E-state index in [9.17, 15) is 5.11 Å². The van der Waals surface area contributed by atoms with E-state index in [0.29, 0.717) is 13.0 Å². The maximum absolute atomic E-state index is 10.1. The Morgan fingerprint density at radius 1 is 1.18 bits per heavy atom. The third-order valence-corrected chi connectivity index (χ3v) is 2.79. The van der Waals surface area contributed by atoms with Crippen molar-refractivity contribution in [2.45, 2.75) is 6.42 Å². The third-order valence-electron chi connectivity index (χ3n) is 2.79. The van der Waals surface area contributed by atoms with Crippen molar-refractivity contribution in [3.8, 4) is 11.5 Å². The van der Waals surface area contributed by atoms with Gasteiger partial charge in [0.25, 0.3) is 0 Å². The second-order valence-corrected chi connectivity index (χ2v) is 3.75. The molecule has 4 heteroatoms. The van der Waals surface area contributed by atoms with Crippen LogP contribution in [0.2, 0.25) is 0 Å². The molecule has 0 aliphatic rings. The molecule has 3 N–H and O–H groups in total. The topological polar surface area (TPSA) is 64.7 Å². The van der Waals surface area contributed by atoms with Crippen molar-refractivity contribution in [3.63, 3.8) is 0 Å². The van der Waals surface area contributed by atoms with Crippen molar-refractivity contribution in [2.75, 3.05) is 13.7 Å². The summed E-state index contributed by atoms with van der Waals surface area (Å²) in [6.45, 7) is 0.378. The SMILES string of the molecule is COc1cccc2c(O)c(CCON)ccc12. The predicted molar refractivity (Wildman–Crippen MR) is 66.0 cm³/mol. The predicted octanol–water partition coefficient (Wildman–Crippen LogP) is 1.99. The number of rotatable bonds is 4. The van der Waals surface area contributed by atoms with Gasteiger partial charge in [0.05, 0.1) is 13.7 Å². The standard InChI is InChI=1S/C13H15NO3/c1-16-12-4-2-3-11-10(12)6-5-9(13(11)15)7-8-17-14/h2-6,15H,7-8,14H2,1H3. The molecule has 4 nitrogen and oxygen atoms in total. The maximum Gasteiger partial charge on any atom is 0.126 e. The third kappa shape index (κ3) is 2.18. The van der Waals surface area contributed by atoms with E-state index in [1.807, 2.05) is 30.3 Å². The van der Waals surface area contributed by atoms with Gasteiger partial charge < -0.3 is 14.7 Å². The lowest BCUT2D eigenvalue weighted by molar-refractivity contribution is 0.141. The summed E-state index contributed by atoms with van der Waals surface area (Å²) in [7, 11) is 1.61. The molecule has 2 rings (SSSR count). The Balaban J connectivity index is 2.52. The van der Waals surface area contributed by atoms with E-state index in [1.54, 1.807) is 7.11 Å². The van der Waals surface area contributed by atoms with Crippen LogP contribution in [-0.4, -0.2) is 18.8 Å². The molecular weight excluding hydrogens is 218 g/mol. The molecule has 0 bridgehead atoms. The first kappa shape index (κ1) is 11.7. The zero-order valence-corrected chi connectivity index (χ0v) is 9.64. The van der Waals surface area contributed by atoms with Crippen LogP contribution < -0.4 is 10.6 Å². The minimum Gasteiger partial charge on any atom is -0.507 e. The van der Waals surface area contributed by atoms with Gasteiger partial charge in [-0.3, -0.25) is 0 Å². The molecule has 0 amide bonds. The first-order valence-corrected chi connectivity index (χ1v) is 5.37. The van der Waals surface area contributed by atoms with Crippen molar-refractivity contribution in [1.29, 1.82) is 0 Å². The van der Waals surface area contributed by atoms with Gasteiger partial charge in [-0.2, -0.15) is 0 Å². The Morgan fingerprint density at radius 2 is 2.00 bits per heavy atom. The summed E-state index contributed by atoms with van der Waals surface area (Å²) in [6, 6.07) is 9.37. The maximum atomic E-state index is 10.1. The molecule has 0 saturated heterocycles. The number of phenolic OH excluding ortho intramolecular Hbond substituents is 1. The van der Waals surface area contributed by atoms with E-state index in [1.165, 1.54) is 0 Å². The van der Waals surface area contributed by atoms with Crippen LogP contribution in [0.15, 0.2) is 30.3 Å². The van der Waals surface area contributed by atoms with E-state index in [-0.39, 0.29) is 5.75 Å². The molecule has 2 aromatic rings. The van der Waals surface area contributed by atoms with Crippen molar-refractivity contribution in [2.24, 2.45) is 5.90 Å². The van der Waals surface area contributed by atoms with Gasteiger partial charge in [-0.1, -0.05) is 24.3 Å². The molecule has 0 saturated carbocycles. The van der Waals surface area contributed by atoms with Gasteiger partial charge in [0.15, 0.2) is 0 Å². The van der Waals surface area contributed by atoms with Crippen molar-refractivity contribution in [1.82, 2.24) is 0 Å². The smallest absolute Gasteiger partial charge is 0.126 e. The van der Waals surface area contributed by atoms with Gasteiger partial charge in [-0.25, -0.2) is 5.90 Å². The van der Waals surface area contributed by atoms with Crippen LogP contribution in [0.3, 0.4) is 0 Å². The molecule has 0 spiro atoms. The lowest BCUT2D eigenvalue weighted by atomic mass is 10.0. The van der Waals surface area contributed by atoms with Crippen molar-refractivity contribution in [3.05, 3.63) is 35.9 Å². The summed E-state index contributed by atoms with van der Waals surface area (Å²) in [5.74, 6) is 6.00. The van der Waals surface area contributed by atoms with Gasteiger partial charge in [0, 0.05) is 17.2 Å². The average Bonchev–Trinajstić information content (AvgIpc) is 2.37. The fraction of sp³-hybridized carbons (Fsp3) is 0.231. The number of benzene rings is 2. The highest BCUT2D eigenvalue weighted by molar-refractivity contribution is 5.93.